The zero-order valence-electron chi connectivity index (χ0n) is 9.11. The lowest BCUT2D eigenvalue weighted by atomic mass is 10.1. The van der Waals surface area contributed by atoms with E-state index >= 15 is 0 Å². The fourth-order valence-corrected chi connectivity index (χ4v) is 2.10. The van der Waals surface area contributed by atoms with E-state index in [1.807, 2.05) is 13.0 Å². The summed E-state index contributed by atoms with van der Waals surface area (Å²) in [5.74, 6) is 2.43. The van der Waals surface area contributed by atoms with Gasteiger partial charge >= 0.3 is 0 Å². The Hall–Kier alpha value is -1.16. The van der Waals surface area contributed by atoms with E-state index in [-0.39, 0.29) is 0 Å². The van der Waals surface area contributed by atoms with E-state index in [2.05, 4.69) is 15.3 Å². The third kappa shape index (κ3) is 2.89. The smallest absolute Gasteiger partial charge is 0.129 e. The molecule has 0 amide bonds. The molecule has 0 saturated heterocycles. The number of hydrogen-bond donors (Lipinski definition) is 2. The minimum absolute atomic E-state index is 0.406. The lowest BCUT2D eigenvalue weighted by Crippen LogP contribution is -2.18. The van der Waals surface area contributed by atoms with Crippen molar-refractivity contribution in [2.24, 2.45) is 11.7 Å². The lowest BCUT2D eigenvalue weighted by molar-refractivity contribution is 0.565. The molecule has 2 unspecified atom stereocenters. The van der Waals surface area contributed by atoms with Crippen molar-refractivity contribution in [3.8, 4) is 0 Å². The van der Waals surface area contributed by atoms with Crippen LogP contribution in [0.1, 0.15) is 25.1 Å². The highest BCUT2D eigenvalue weighted by molar-refractivity contribution is 5.32. The Balaban J connectivity index is 1.83. The monoisotopic (exact) mass is 206 g/mol. The van der Waals surface area contributed by atoms with Crippen molar-refractivity contribution in [2.75, 3.05) is 11.9 Å². The van der Waals surface area contributed by atoms with Crippen LogP contribution in [0.2, 0.25) is 0 Å². The van der Waals surface area contributed by atoms with E-state index in [0.29, 0.717) is 12.0 Å². The molecule has 4 nitrogen and oxygen atoms in total. The van der Waals surface area contributed by atoms with Gasteiger partial charge in [0.1, 0.15) is 11.6 Å². The van der Waals surface area contributed by atoms with Crippen LogP contribution in [-0.4, -0.2) is 22.6 Å². The van der Waals surface area contributed by atoms with Crippen LogP contribution in [-0.2, 0) is 0 Å². The van der Waals surface area contributed by atoms with Crippen LogP contribution >= 0.6 is 0 Å². The summed E-state index contributed by atoms with van der Waals surface area (Å²) in [5, 5.41) is 3.34. The van der Waals surface area contributed by atoms with E-state index in [9.17, 15) is 0 Å². The van der Waals surface area contributed by atoms with Crippen LogP contribution in [0.4, 0.5) is 5.82 Å². The van der Waals surface area contributed by atoms with Crippen molar-refractivity contribution in [1.29, 1.82) is 0 Å². The Morgan fingerprint density at radius 1 is 1.53 bits per heavy atom. The molecule has 2 atom stereocenters. The maximum atomic E-state index is 5.86. The van der Waals surface area contributed by atoms with Crippen molar-refractivity contribution >= 4 is 5.82 Å². The predicted molar refractivity (Wildman–Crippen MR) is 60.6 cm³/mol. The SMILES string of the molecule is Cc1nccc(NCC2CCC(N)C2)n1. The number of rotatable bonds is 3. The number of nitrogens with zero attached hydrogens (tertiary/aromatic N) is 2. The van der Waals surface area contributed by atoms with Crippen LogP contribution in [0.5, 0.6) is 0 Å². The molecule has 1 aromatic heterocycles. The number of nitrogens with two attached hydrogens (primary N) is 1. The average molecular weight is 206 g/mol. The molecule has 1 heterocycles. The van der Waals surface area contributed by atoms with Gasteiger partial charge in [-0.25, -0.2) is 9.97 Å². The molecule has 4 heteroatoms. The summed E-state index contributed by atoms with van der Waals surface area (Å²) in [6, 6.07) is 2.31. The molecule has 0 bridgehead atoms. The summed E-state index contributed by atoms with van der Waals surface area (Å²) in [4.78, 5) is 8.36. The van der Waals surface area contributed by atoms with Crippen LogP contribution in [0, 0.1) is 12.8 Å². The van der Waals surface area contributed by atoms with Gasteiger partial charge in [0.2, 0.25) is 0 Å². The van der Waals surface area contributed by atoms with Crippen LogP contribution < -0.4 is 11.1 Å². The molecular weight excluding hydrogens is 188 g/mol. The first-order chi connectivity index (χ1) is 7.24. The van der Waals surface area contributed by atoms with Crippen LogP contribution in [0.15, 0.2) is 12.3 Å². The highest BCUT2D eigenvalue weighted by Gasteiger charge is 2.21. The highest BCUT2D eigenvalue weighted by Crippen LogP contribution is 2.24. The Labute approximate surface area is 90.3 Å². The van der Waals surface area contributed by atoms with Gasteiger partial charge < -0.3 is 11.1 Å². The normalized spacial score (nSPS) is 25.5. The maximum Gasteiger partial charge on any atom is 0.129 e. The third-order valence-electron chi connectivity index (χ3n) is 2.93. The van der Waals surface area contributed by atoms with E-state index in [4.69, 9.17) is 5.73 Å². The van der Waals surface area contributed by atoms with Crippen LogP contribution in [0.3, 0.4) is 0 Å². The van der Waals surface area contributed by atoms with E-state index < -0.39 is 0 Å². The first-order valence-electron chi connectivity index (χ1n) is 5.53. The minimum Gasteiger partial charge on any atom is -0.370 e. The zero-order chi connectivity index (χ0) is 10.7. The lowest BCUT2D eigenvalue weighted by Gasteiger charge is -2.11. The number of nitrogens with one attached hydrogen (secondary N) is 1. The van der Waals surface area contributed by atoms with Crippen LogP contribution in [0.25, 0.3) is 0 Å². The summed E-state index contributed by atoms with van der Waals surface area (Å²) in [5.41, 5.74) is 5.86. The van der Waals surface area contributed by atoms with Crippen molar-refractivity contribution in [2.45, 2.75) is 32.2 Å². The standard InChI is InChI=1S/C11H18N4/c1-8-13-5-4-11(15-8)14-7-9-2-3-10(12)6-9/h4-5,9-10H,2-3,6-7,12H2,1H3,(H,13,14,15). The van der Waals surface area contributed by atoms with Crippen molar-refractivity contribution in [1.82, 2.24) is 9.97 Å². The zero-order valence-corrected chi connectivity index (χ0v) is 9.11. The molecule has 0 spiro atoms. The molecule has 2 rings (SSSR count). The molecule has 3 N–H and O–H groups in total. The van der Waals surface area contributed by atoms with Crippen molar-refractivity contribution in [3.63, 3.8) is 0 Å². The molecule has 0 aliphatic heterocycles. The topological polar surface area (TPSA) is 63.8 Å². The maximum absolute atomic E-state index is 5.86. The Morgan fingerprint density at radius 2 is 2.40 bits per heavy atom. The summed E-state index contributed by atoms with van der Waals surface area (Å²) in [6.07, 6.45) is 5.31. The second kappa shape index (κ2) is 4.57. The van der Waals surface area contributed by atoms with E-state index in [0.717, 1.165) is 31.0 Å². The number of anilines is 1. The number of aromatic nitrogens is 2. The number of aryl methyl sites for hydroxylation is 1. The van der Waals surface area contributed by atoms with Gasteiger partial charge in [0.05, 0.1) is 0 Å². The summed E-state index contributed by atoms with van der Waals surface area (Å²) >= 11 is 0. The summed E-state index contributed by atoms with van der Waals surface area (Å²) in [7, 11) is 0. The molecule has 1 aromatic rings. The highest BCUT2D eigenvalue weighted by atomic mass is 15.0. The first kappa shape index (κ1) is 10.4. The Morgan fingerprint density at radius 3 is 3.07 bits per heavy atom. The van der Waals surface area contributed by atoms with Gasteiger partial charge in [-0.2, -0.15) is 0 Å². The minimum atomic E-state index is 0.406. The van der Waals surface area contributed by atoms with Gasteiger partial charge in [-0.05, 0) is 38.2 Å². The molecule has 1 saturated carbocycles. The molecular formula is C11H18N4. The first-order valence-corrected chi connectivity index (χ1v) is 5.53. The van der Waals surface area contributed by atoms with E-state index in [1.54, 1.807) is 6.20 Å². The largest absolute Gasteiger partial charge is 0.370 e. The quantitative estimate of drug-likeness (QED) is 0.783. The Bertz CT molecular complexity index is 326. The molecule has 1 aliphatic rings. The fraction of sp³-hybridized carbons (Fsp3) is 0.636. The van der Waals surface area contributed by atoms with Gasteiger partial charge in [-0.15, -0.1) is 0 Å². The van der Waals surface area contributed by atoms with Gasteiger partial charge in [0, 0.05) is 18.8 Å². The van der Waals surface area contributed by atoms with Gasteiger partial charge in [-0.3, -0.25) is 0 Å². The van der Waals surface area contributed by atoms with Crippen molar-refractivity contribution < 1.29 is 0 Å². The summed E-state index contributed by atoms with van der Waals surface area (Å²) < 4.78 is 0. The second-order valence-corrected chi connectivity index (χ2v) is 4.31. The summed E-state index contributed by atoms with van der Waals surface area (Å²) in [6.45, 7) is 2.88. The van der Waals surface area contributed by atoms with Gasteiger partial charge in [-0.1, -0.05) is 0 Å². The molecule has 0 aromatic carbocycles. The van der Waals surface area contributed by atoms with E-state index in [1.165, 1.54) is 6.42 Å². The third-order valence-corrected chi connectivity index (χ3v) is 2.93. The predicted octanol–water partition coefficient (Wildman–Crippen LogP) is 1.32. The molecule has 82 valence electrons. The van der Waals surface area contributed by atoms with Gasteiger partial charge in [0.25, 0.3) is 0 Å². The molecule has 15 heavy (non-hydrogen) atoms. The van der Waals surface area contributed by atoms with Crippen molar-refractivity contribution in [3.05, 3.63) is 18.1 Å². The Kier molecular flexibility index (Phi) is 3.16. The molecule has 1 aliphatic carbocycles. The average Bonchev–Trinajstić information content (AvgIpc) is 2.62. The second-order valence-electron chi connectivity index (χ2n) is 4.31. The fourth-order valence-electron chi connectivity index (χ4n) is 2.10. The molecule has 0 radical (unpaired) electrons. The molecule has 1 fully saturated rings. The number of hydrogen-bond acceptors (Lipinski definition) is 4. The van der Waals surface area contributed by atoms with Gasteiger partial charge in [0.15, 0.2) is 0 Å².